The van der Waals surface area contributed by atoms with Crippen LogP contribution in [0, 0.1) is 6.92 Å². The Morgan fingerprint density at radius 2 is 1.69 bits per heavy atom. The van der Waals surface area contributed by atoms with Crippen molar-refractivity contribution in [3.05, 3.63) is 29.8 Å². The lowest BCUT2D eigenvalue weighted by Gasteiger charge is -2.39. The first-order chi connectivity index (χ1) is 13.7. The maximum Gasteiger partial charge on any atom is 0.326 e. The van der Waals surface area contributed by atoms with E-state index in [9.17, 15) is 23.1 Å². The van der Waals surface area contributed by atoms with Crippen LogP contribution in [0.3, 0.4) is 0 Å². The van der Waals surface area contributed by atoms with Gasteiger partial charge in [-0.2, -0.15) is 4.31 Å². The number of benzene rings is 1. The van der Waals surface area contributed by atoms with E-state index < -0.39 is 28.1 Å². The second-order valence-electron chi connectivity index (χ2n) is 8.14. The molecule has 1 aliphatic carbocycles. The van der Waals surface area contributed by atoms with Crippen molar-refractivity contribution in [1.82, 2.24) is 9.21 Å². The molecular weight excluding hydrogens is 392 g/mol. The predicted octanol–water partition coefficient (Wildman–Crippen LogP) is 2.78. The maximum atomic E-state index is 13.5. The lowest BCUT2D eigenvalue weighted by molar-refractivity contribution is -0.153. The van der Waals surface area contributed by atoms with E-state index in [2.05, 4.69) is 0 Å². The van der Waals surface area contributed by atoms with Crippen molar-refractivity contribution in [2.75, 3.05) is 6.54 Å². The number of amides is 1. The summed E-state index contributed by atoms with van der Waals surface area (Å²) in [6.07, 6.45) is 5.52. The molecule has 1 aromatic carbocycles. The number of carbonyl (C=O) groups excluding carboxylic acids is 1. The third-order valence-corrected chi connectivity index (χ3v) is 8.04. The Labute approximate surface area is 172 Å². The molecule has 0 radical (unpaired) electrons. The van der Waals surface area contributed by atoms with Crippen LogP contribution in [0.25, 0.3) is 0 Å². The van der Waals surface area contributed by atoms with Gasteiger partial charge in [-0.15, -0.1) is 0 Å². The van der Waals surface area contributed by atoms with Gasteiger partial charge in [0.1, 0.15) is 12.1 Å². The average molecular weight is 423 g/mol. The summed E-state index contributed by atoms with van der Waals surface area (Å²) in [6, 6.07) is 4.63. The molecule has 0 unspecified atom stereocenters. The van der Waals surface area contributed by atoms with E-state index in [1.54, 1.807) is 24.3 Å². The quantitative estimate of drug-likeness (QED) is 0.761. The van der Waals surface area contributed by atoms with Gasteiger partial charge in [-0.3, -0.25) is 4.79 Å². The molecule has 160 valence electrons. The summed E-state index contributed by atoms with van der Waals surface area (Å²) < 4.78 is 27.7. The third kappa shape index (κ3) is 4.48. The van der Waals surface area contributed by atoms with Crippen LogP contribution in [-0.2, 0) is 19.6 Å². The van der Waals surface area contributed by atoms with Crippen molar-refractivity contribution in [2.45, 2.75) is 81.8 Å². The Kier molecular flexibility index (Phi) is 6.63. The highest BCUT2D eigenvalue weighted by Crippen LogP contribution is 2.31. The molecule has 29 heavy (non-hydrogen) atoms. The molecule has 7 nitrogen and oxygen atoms in total. The van der Waals surface area contributed by atoms with Gasteiger partial charge in [-0.05, 0) is 51.7 Å². The van der Waals surface area contributed by atoms with Crippen LogP contribution in [0.4, 0.5) is 0 Å². The Hall–Kier alpha value is -1.93. The molecule has 1 aliphatic heterocycles. The van der Waals surface area contributed by atoms with Gasteiger partial charge in [0.05, 0.1) is 4.90 Å². The van der Waals surface area contributed by atoms with Gasteiger partial charge in [-0.1, -0.05) is 37.0 Å². The lowest BCUT2D eigenvalue weighted by atomic mass is 9.92. The van der Waals surface area contributed by atoms with Crippen molar-refractivity contribution in [3.63, 3.8) is 0 Å². The zero-order valence-corrected chi connectivity index (χ0v) is 17.9. The minimum atomic E-state index is -3.82. The molecule has 2 fully saturated rings. The van der Waals surface area contributed by atoms with Crippen LogP contribution >= 0.6 is 0 Å². The molecule has 0 spiro atoms. The number of hydrogen-bond donors (Lipinski definition) is 1. The first-order valence-electron chi connectivity index (χ1n) is 10.4. The molecule has 0 aromatic heterocycles. The molecule has 1 N–H and O–H groups in total. The minimum absolute atomic E-state index is 0.146. The van der Waals surface area contributed by atoms with Crippen molar-refractivity contribution < 1.29 is 23.1 Å². The number of carboxylic acid groups (broad SMARTS) is 1. The van der Waals surface area contributed by atoms with Crippen molar-refractivity contribution >= 4 is 21.9 Å². The molecule has 1 heterocycles. The normalized spacial score (nSPS) is 22.3. The van der Waals surface area contributed by atoms with Gasteiger partial charge in [-0.25, -0.2) is 13.2 Å². The Bertz CT molecular complexity index is 846. The van der Waals surface area contributed by atoms with E-state index in [1.165, 1.54) is 16.1 Å². The van der Waals surface area contributed by atoms with E-state index in [1.807, 2.05) is 6.92 Å². The summed E-state index contributed by atoms with van der Waals surface area (Å²) in [6.45, 7) is 3.67. The summed E-state index contributed by atoms with van der Waals surface area (Å²) in [4.78, 5) is 26.8. The van der Waals surface area contributed by atoms with Crippen LogP contribution in [0.1, 0.15) is 57.4 Å². The monoisotopic (exact) mass is 422 g/mol. The fourth-order valence-corrected chi connectivity index (χ4v) is 6.11. The summed E-state index contributed by atoms with van der Waals surface area (Å²) in [5.41, 5.74) is 0.955. The fraction of sp³-hybridized carbons (Fsp3) is 0.619. The van der Waals surface area contributed by atoms with Gasteiger partial charge < -0.3 is 10.0 Å². The largest absolute Gasteiger partial charge is 0.480 e. The first kappa shape index (κ1) is 21.8. The van der Waals surface area contributed by atoms with Gasteiger partial charge in [0, 0.05) is 12.6 Å². The van der Waals surface area contributed by atoms with Gasteiger partial charge in [0.25, 0.3) is 0 Å². The molecular formula is C21H30N2O5S. The molecule has 3 rings (SSSR count). The molecule has 1 aromatic rings. The van der Waals surface area contributed by atoms with Gasteiger partial charge in [0.15, 0.2) is 0 Å². The van der Waals surface area contributed by atoms with E-state index in [0.717, 1.165) is 37.7 Å². The van der Waals surface area contributed by atoms with Gasteiger partial charge in [0.2, 0.25) is 15.9 Å². The topological polar surface area (TPSA) is 95.0 Å². The summed E-state index contributed by atoms with van der Waals surface area (Å²) >= 11 is 0. The van der Waals surface area contributed by atoms with Crippen molar-refractivity contribution in [3.8, 4) is 0 Å². The summed E-state index contributed by atoms with van der Waals surface area (Å²) in [7, 11) is -3.82. The van der Waals surface area contributed by atoms with E-state index >= 15 is 0 Å². The number of sulfonamides is 1. The van der Waals surface area contributed by atoms with E-state index in [-0.39, 0.29) is 23.4 Å². The van der Waals surface area contributed by atoms with Crippen LogP contribution in [-0.4, -0.2) is 59.3 Å². The molecule has 8 heteroatoms. The van der Waals surface area contributed by atoms with Crippen LogP contribution in [0.5, 0.6) is 0 Å². The molecule has 1 saturated carbocycles. The zero-order valence-electron chi connectivity index (χ0n) is 17.1. The molecule has 1 saturated heterocycles. The summed E-state index contributed by atoms with van der Waals surface area (Å²) in [5.74, 6) is -1.44. The third-order valence-electron chi connectivity index (χ3n) is 6.11. The highest BCUT2D eigenvalue weighted by atomic mass is 32.2. The number of aryl methyl sites for hydroxylation is 1. The molecule has 2 aliphatic rings. The highest BCUT2D eigenvalue weighted by molar-refractivity contribution is 7.89. The number of hydrogen-bond acceptors (Lipinski definition) is 4. The Balaban J connectivity index is 1.90. The fourth-order valence-electron chi connectivity index (χ4n) is 4.46. The van der Waals surface area contributed by atoms with Crippen LogP contribution in [0.2, 0.25) is 0 Å². The van der Waals surface area contributed by atoms with Crippen molar-refractivity contribution in [1.29, 1.82) is 0 Å². The predicted molar refractivity (Wildman–Crippen MR) is 109 cm³/mol. The minimum Gasteiger partial charge on any atom is -0.480 e. The average Bonchev–Trinajstić information content (AvgIpc) is 3.20. The van der Waals surface area contributed by atoms with E-state index in [4.69, 9.17) is 0 Å². The second-order valence-corrected chi connectivity index (χ2v) is 10.0. The number of rotatable bonds is 6. The highest BCUT2D eigenvalue weighted by Gasteiger charge is 2.44. The molecule has 1 amide bonds. The second kappa shape index (κ2) is 8.83. The number of aliphatic carboxylic acids is 1. The molecule has 2 atom stereocenters. The standard InChI is InChI=1S/C21H30N2O5S/c1-15-10-12-18(13-11-15)29(27,28)22-14-6-9-19(22)20(24)23(16(2)21(25)26)17-7-4-3-5-8-17/h10-13,16-17,19H,3-9,14H2,1-2H3,(H,25,26)/t16-,19-/m0/s1. The first-order valence-corrected chi connectivity index (χ1v) is 11.8. The Morgan fingerprint density at radius 1 is 1.07 bits per heavy atom. The molecule has 0 bridgehead atoms. The maximum absolute atomic E-state index is 13.5. The van der Waals surface area contributed by atoms with Crippen molar-refractivity contribution in [2.24, 2.45) is 0 Å². The van der Waals surface area contributed by atoms with Gasteiger partial charge >= 0.3 is 5.97 Å². The zero-order chi connectivity index (χ0) is 21.2. The number of carbonyl (C=O) groups is 2. The summed E-state index contributed by atoms with van der Waals surface area (Å²) in [5, 5.41) is 9.58. The Morgan fingerprint density at radius 3 is 2.28 bits per heavy atom. The smallest absolute Gasteiger partial charge is 0.326 e. The SMILES string of the molecule is Cc1ccc(S(=O)(=O)N2CCC[C@H]2C(=O)N(C2CCCCC2)[C@@H](C)C(=O)O)cc1. The number of nitrogens with zero attached hydrogens (tertiary/aromatic N) is 2. The van der Waals surface area contributed by atoms with Crippen LogP contribution in [0.15, 0.2) is 29.2 Å². The number of carboxylic acids is 1. The van der Waals surface area contributed by atoms with E-state index in [0.29, 0.717) is 12.8 Å². The van der Waals surface area contributed by atoms with Crippen LogP contribution < -0.4 is 0 Å². The lowest BCUT2D eigenvalue weighted by Crippen LogP contribution is -2.56.